The summed E-state index contributed by atoms with van der Waals surface area (Å²) < 4.78 is 0. The van der Waals surface area contributed by atoms with Crippen molar-refractivity contribution in [3.8, 4) is 0 Å². The quantitative estimate of drug-likeness (QED) is 0.862. The van der Waals surface area contributed by atoms with E-state index in [2.05, 4.69) is 35.2 Å². The highest BCUT2D eigenvalue weighted by Crippen LogP contribution is 2.49. The molecule has 5 rings (SSSR count). The number of nitrogens with zero attached hydrogens (tertiary/aromatic N) is 1. The SMILES string of the molecule is OC1C2CC3CC1CC(C2)N3Cc1ccccc1. The first-order chi connectivity index (χ1) is 8.81. The summed E-state index contributed by atoms with van der Waals surface area (Å²) in [5, 5.41) is 10.2. The predicted molar refractivity (Wildman–Crippen MR) is 71.0 cm³/mol. The van der Waals surface area contributed by atoms with Gasteiger partial charge in [-0.25, -0.2) is 0 Å². The standard InChI is InChI=1S/C16H21NO/c18-16-12-6-14-8-13(16)9-15(7-12)17(14)10-11-4-2-1-3-5-11/h1-5,12-16,18H,6-10H2. The minimum Gasteiger partial charge on any atom is -0.393 e. The summed E-state index contributed by atoms with van der Waals surface area (Å²) in [7, 11) is 0. The molecule has 0 atom stereocenters. The van der Waals surface area contributed by atoms with Crippen molar-refractivity contribution < 1.29 is 5.11 Å². The molecule has 18 heavy (non-hydrogen) atoms. The van der Waals surface area contributed by atoms with Crippen molar-refractivity contribution in [3.63, 3.8) is 0 Å². The Hall–Kier alpha value is -0.860. The van der Waals surface area contributed by atoms with E-state index in [1.54, 1.807) is 0 Å². The number of piperidine rings is 2. The van der Waals surface area contributed by atoms with Gasteiger partial charge in [-0.1, -0.05) is 30.3 Å². The third-order valence-electron chi connectivity index (χ3n) is 5.41. The van der Waals surface area contributed by atoms with Gasteiger partial charge in [0.15, 0.2) is 0 Å². The number of benzene rings is 1. The van der Waals surface area contributed by atoms with Crippen molar-refractivity contribution in [1.29, 1.82) is 0 Å². The van der Waals surface area contributed by atoms with Crippen LogP contribution in [0.3, 0.4) is 0 Å². The molecule has 0 unspecified atom stereocenters. The molecule has 0 aromatic heterocycles. The van der Waals surface area contributed by atoms with Crippen LogP contribution >= 0.6 is 0 Å². The van der Waals surface area contributed by atoms with E-state index in [9.17, 15) is 5.11 Å². The molecule has 4 fully saturated rings. The zero-order valence-electron chi connectivity index (χ0n) is 10.7. The zero-order chi connectivity index (χ0) is 12.1. The van der Waals surface area contributed by atoms with Crippen molar-refractivity contribution in [2.24, 2.45) is 11.8 Å². The van der Waals surface area contributed by atoms with Crippen molar-refractivity contribution in [2.75, 3.05) is 0 Å². The lowest BCUT2D eigenvalue weighted by Gasteiger charge is -2.58. The molecule has 2 saturated carbocycles. The molecule has 96 valence electrons. The van der Waals surface area contributed by atoms with E-state index in [0.717, 1.165) is 18.6 Å². The molecule has 1 aromatic carbocycles. The van der Waals surface area contributed by atoms with Crippen molar-refractivity contribution in [2.45, 2.75) is 50.4 Å². The summed E-state index contributed by atoms with van der Waals surface area (Å²) in [5.41, 5.74) is 1.44. The second-order valence-electron chi connectivity index (χ2n) is 6.42. The highest BCUT2D eigenvalue weighted by molar-refractivity contribution is 5.16. The third kappa shape index (κ3) is 1.63. The first-order valence-electron chi connectivity index (χ1n) is 7.29. The molecule has 0 spiro atoms. The van der Waals surface area contributed by atoms with Gasteiger partial charge in [-0.2, -0.15) is 0 Å². The van der Waals surface area contributed by atoms with E-state index in [1.165, 1.54) is 31.2 Å². The van der Waals surface area contributed by atoms with Crippen LogP contribution in [0.4, 0.5) is 0 Å². The van der Waals surface area contributed by atoms with Gasteiger partial charge in [-0.3, -0.25) is 4.90 Å². The Morgan fingerprint density at radius 1 is 0.944 bits per heavy atom. The van der Waals surface area contributed by atoms with Crippen LogP contribution in [0.2, 0.25) is 0 Å². The maximum Gasteiger partial charge on any atom is 0.0598 e. The Morgan fingerprint density at radius 3 is 2.06 bits per heavy atom. The van der Waals surface area contributed by atoms with Crippen molar-refractivity contribution in [3.05, 3.63) is 35.9 Å². The zero-order valence-corrected chi connectivity index (χ0v) is 10.7. The molecule has 2 aliphatic carbocycles. The van der Waals surface area contributed by atoms with Gasteiger partial charge in [0.2, 0.25) is 0 Å². The third-order valence-corrected chi connectivity index (χ3v) is 5.41. The summed E-state index contributed by atoms with van der Waals surface area (Å²) in [6.07, 6.45) is 4.90. The Labute approximate surface area is 109 Å². The summed E-state index contributed by atoms with van der Waals surface area (Å²) in [6.45, 7) is 1.10. The summed E-state index contributed by atoms with van der Waals surface area (Å²) in [4.78, 5) is 2.72. The number of rotatable bonds is 2. The fourth-order valence-corrected chi connectivity index (χ4v) is 4.62. The molecule has 4 aliphatic rings. The van der Waals surface area contributed by atoms with Gasteiger partial charge in [-0.05, 0) is 43.1 Å². The minimum atomic E-state index is 0.0105. The lowest BCUT2D eigenvalue weighted by molar-refractivity contribution is -0.133. The summed E-state index contributed by atoms with van der Waals surface area (Å²) >= 11 is 0. The van der Waals surface area contributed by atoms with Crippen LogP contribution < -0.4 is 0 Å². The van der Waals surface area contributed by atoms with Crippen LogP contribution in [0.25, 0.3) is 0 Å². The first-order valence-corrected chi connectivity index (χ1v) is 7.29. The predicted octanol–water partition coefficient (Wildman–Crippen LogP) is 2.42. The molecule has 4 bridgehead atoms. The number of hydrogen-bond donors (Lipinski definition) is 1. The minimum absolute atomic E-state index is 0.0105. The second kappa shape index (κ2) is 4.07. The van der Waals surface area contributed by atoms with E-state index in [4.69, 9.17) is 0 Å². The largest absolute Gasteiger partial charge is 0.393 e. The Balaban J connectivity index is 1.54. The van der Waals surface area contributed by atoms with Gasteiger partial charge < -0.3 is 5.11 Å². The fraction of sp³-hybridized carbons (Fsp3) is 0.625. The molecule has 2 saturated heterocycles. The highest BCUT2D eigenvalue weighted by Gasteiger charge is 2.51. The van der Waals surface area contributed by atoms with E-state index in [1.807, 2.05) is 0 Å². The Morgan fingerprint density at radius 2 is 1.50 bits per heavy atom. The molecule has 2 heterocycles. The molecular formula is C16H21NO. The Kier molecular flexibility index (Phi) is 2.49. The fourth-order valence-electron chi connectivity index (χ4n) is 4.62. The van der Waals surface area contributed by atoms with E-state index >= 15 is 0 Å². The van der Waals surface area contributed by atoms with Crippen LogP contribution in [-0.2, 0) is 6.54 Å². The van der Waals surface area contributed by atoms with Crippen molar-refractivity contribution in [1.82, 2.24) is 4.90 Å². The van der Waals surface area contributed by atoms with Crippen LogP contribution in [0.15, 0.2) is 30.3 Å². The molecule has 0 radical (unpaired) electrons. The van der Waals surface area contributed by atoms with Crippen LogP contribution in [0.5, 0.6) is 0 Å². The topological polar surface area (TPSA) is 23.5 Å². The van der Waals surface area contributed by atoms with Crippen molar-refractivity contribution >= 4 is 0 Å². The average Bonchev–Trinajstić information content (AvgIpc) is 2.38. The smallest absolute Gasteiger partial charge is 0.0598 e. The normalized spacial score (nSPS) is 42.4. The summed E-state index contributed by atoms with van der Waals surface area (Å²) in [6, 6.07) is 12.3. The van der Waals surface area contributed by atoms with Gasteiger partial charge in [0.05, 0.1) is 6.10 Å². The maximum atomic E-state index is 10.2. The molecule has 1 N–H and O–H groups in total. The van der Waals surface area contributed by atoms with Crippen LogP contribution in [0.1, 0.15) is 31.2 Å². The van der Waals surface area contributed by atoms with Gasteiger partial charge in [-0.15, -0.1) is 0 Å². The molecule has 0 amide bonds. The number of aliphatic hydroxyl groups excluding tert-OH is 1. The molecule has 2 heteroatoms. The molecular weight excluding hydrogens is 222 g/mol. The average molecular weight is 243 g/mol. The molecule has 1 aromatic rings. The Bertz CT molecular complexity index is 400. The van der Waals surface area contributed by atoms with E-state index in [-0.39, 0.29) is 6.10 Å². The lowest BCUT2D eigenvalue weighted by atomic mass is 9.62. The van der Waals surface area contributed by atoms with Gasteiger partial charge in [0.1, 0.15) is 0 Å². The second-order valence-corrected chi connectivity index (χ2v) is 6.42. The first kappa shape index (κ1) is 11.0. The molecule has 2 aliphatic heterocycles. The van der Waals surface area contributed by atoms with Gasteiger partial charge >= 0.3 is 0 Å². The molecule has 2 nitrogen and oxygen atoms in total. The van der Waals surface area contributed by atoms with E-state index < -0.39 is 0 Å². The maximum absolute atomic E-state index is 10.2. The van der Waals surface area contributed by atoms with Crippen LogP contribution in [0, 0.1) is 11.8 Å². The number of hydrogen-bond acceptors (Lipinski definition) is 2. The highest BCUT2D eigenvalue weighted by atomic mass is 16.3. The van der Waals surface area contributed by atoms with Crippen LogP contribution in [-0.4, -0.2) is 28.2 Å². The number of aliphatic hydroxyl groups is 1. The van der Waals surface area contributed by atoms with Gasteiger partial charge in [0.25, 0.3) is 0 Å². The van der Waals surface area contributed by atoms with Gasteiger partial charge in [0, 0.05) is 18.6 Å². The monoisotopic (exact) mass is 243 g/mol. The van der Waals surface area contributed by atoms with E-state index in [0.29, 0.717) is 11.8 Å². The summed E-state index contributed by atoms with van der Waals surface area (Å²) in [5.74, 6) is 1.19. The lowest BCUT2D eigenvalue weighted by Crippen LogP contribution is -2.62.